The number of benzene rings is 8. The van der Waals surface area contributed by atoms with Gasteiger partial charge in [-0.1, -0.05) is 72.8 Å². The maximum Gasteiger partial charge on any atom is 0.121 e. The van der Waals surface area contributed by atoms with Crippen LogP contribution >= 0.6 is 0 Å². The number of aromatic hydroxyl groups is 4. The Labute approximate surface area is 258 Å². The molecule has 0 aromatic heterocycles. The van der Waals surface area contributed by atoms with E-state index in [1.807, 2.05) is 36.4 Å². The molecule has 4 heteroatoms. The maximum atomic E-state index is 12.1. The standard InChI is InChI=1S/C41H26O4/c42-29-11-13-31-27(17-29)9-15-37(44)39(31)41(40-32-14-12-30(43)18-28(32)10-16-38(40)45)35-21-25-7-3-1-5-23(25)19-33(35)34-20-24-6-2-4-8-26(24)22-36(34)41/h1-22,42-45H. The third-order valence-electron chi connectivity index (χ3n) is 9.58. The molecule has 0 amide bonds. The van der Waals surface area contributed by atoms with Crippen molar-refractivity contribution in [1.29, 1.82) is 0 Å². The molecule has 0 saturated carbocycles. The van der Waals surface area contributed by atoms with Crippen LogP contribution < -0.4 is 0 Å². The summed E-state index contributed by atoms with van der Waals surface area (Å²) in [5.41, 5.74) is 3.92. The van der Waals surface area contributed by atoms with Gasteiger partial charge in [-0.05, 0) is 126 Å². The lowest BCUT2D eigenvalue weighted by atomic mass is 9.64. The fourth-order valence-corrected chi connectivity index (χ4v) is 7.76. The summed E-state index contributed by atoms with van der Waals surface area (Å²) < 4.78 is 0. The summed E-state index contributed by atoms with van der Waals surface area (Å²) in [5, 5.41) is 52.4. The van der Waals surface area contributed by atoms with E-state index in [2.05, 4.69) is 48.5 Å². The SMILES string of the molecule is Oc1ccc2c(C3(c4c(O)ccc5cc(O)ccc45)c4cc5ccccc5cc4-c4cc5ccccc5cc43)c(O)ccc2c1. The average Bonchev–Trinajstić information content (AvgIpc) is 3.31. The molecule has 8 aromatic rings. The first-order valence-corrected chi connectivity index (χ1v) is 14.9. The first-order chi connectivity index (χ1) is 21.9. The minimum absolute atomic E-state index is 0.0727. The van der Waals surface area contributed by atoms with Crippen LogP contribution in [-0.4, -0.2) is 20.4 Å². The second kappa shape index (κ2) is 9.01. The molecular formula is C41H26O4. The molecule has 0 atom stereocenters. The van der Waals surface area contributed by atoms with Crippen molar-refractivity contribution in [2.45, 2.75) is 5.41 Å². The Bertz CT molecular complexity index is 2370. The van der Waals surface area contributed by atoms with E-state index in [4.69, 9.17) is 0 Å². The van der Waals surface area contributed by atoms with Crippen LogP contribution in [-0.2, 0) is 5.41 Å². The highest BCUT2D eigenvalue weighted by Gasteiger charge is 2.51. The summed E-state index contributed by atoms with van der Waals surface area (Å²) >= 11 is 0. The minimum Gasteiger partial charge on any atom is -0.508 e. The normalized spacial score (nSPS) is 13.4. The zero-order chi connectivity index (χ0) is 30.4. The number of phenolic OH excluding ortho intramolecular Hbond substituents is 4. The van der Waals surface area contributed by atoms with E-state index in [-0.39, 0.29) is 23.0 Å². The summed E-state index contributed by atoms with van der Waals surface area (Å²) in [7, 11) is 0. The Morgan fingerprint density at radius 2 is 0.756 bits per heavy atom. The van der Waals surface area contributed by atoms with E-state index >= 15 is 0 Å². The van der Waals surface area contributed by atoms with E-state index < -0.39 is 5.41 Å². The van der Waals surface area contributed by atoms with E-state index in [0.717, 1.165) is 65.3 Å². The Morgan fingerprint density at radius 1 is 0.356 bits per heavy atom. The molecule has 45 heavy (non-hydrogen) atoms. The molecule has 0 unspecified atom stereocenters. The Kier molecular flexibility index (Phi) is 5.10. The van der Waals surface area contributed by atoms with Crippen LogP contribution in [0.5, 0.6) is 23.0 Å². The van der Waals surface area contributed by atoms with Gasteiger partial charge in [0.05, 0.1) is 5.41 Å². The Morgan fingerprint density at radius 3 is 1.18 bits per heavy atom. The van der Waals surface area contributed by atoms with E-state index in [1.54, 1.807) is 48.5 Å². The molecule has 9 rings (SSSR count). The monoisotopic (exact) mass is 582 g/mol. The molecule has 0 fully saturated rings. The van der Waals surface area contributed by atoms with E-state index in [1.165, 1.54) is 0 Å². The fraction of sp³-hybridized carbons (Fsp3) is 0.0244. The van der Waals surface area contributed by atoms with Gasteiger partial charge >= 0.3 is 0 Å². The number of fused-ring (bicyclic) bond motifs is 7. The summed E-state index contributed by atoms with van der Waals surface area (Å²) in [6.45, 7) is 0. The van der Waals surface area contributed by atoms with Gasteiger partial charge in [0.15, 0.2) is 0 Å². The second-order valence-corrected chi connectivity index (χ2v) is 12.0. The third-order valence-corrected chi connectivity index (χ3v) is 9.58. The highest BCUT2D eigenvalue weighted by Crippen LogP contribution is 2.63. The number of hydrogen-bond acceptors (Lipinski definition) is 4. The largest absolute Gasteiger partial charge is 0.508 e. The van der Waals surface area contributed by atoms with Gasteiger partial charge in [0.2, 0.25) is 0 Å². The predicted molar refractivity (Wildman–Crippen MR) is 180 cm³/mol. The Balaban J connectivity index is 1.60. The first-order valence-electron chi connectivity index (χ1n) is 14.9. The van der Waals surface area contributed by atoms with Crippen molar-refractivity contribution in [2.75, 3.05) is 0 Å². The number of rotatable bonds is 2. The van der Waals surface area contributed by atoms with Gasteiger partial charge in [0.25, 0.3) is 0 Å². The summed E-state index contributed by atoms with van der Waals surface area (Å²) in [4.78, 5) is 0. The van der Waals surface area contributed by atoms with Crippen molar-refractivity contribution in [1.82, 2.24) is 0 Å². The summed E-state index contributed by atoms with van der Waals surface area (Å²) in [6.07, 6.45) is 0. The average molecular weight is 583 g/mol. The molecule has 1 aliphatic carbocycles. The van der Waals surface area contributed by atoms with Crippen molar-refractivity contribution in [3.63, 3.8) is 0 Å². The van der Waals surface area contributed by atoms with Crippen molar-refractivity contribution >= 4 is 43.1 Å². The van der Waals surface area contributed by atoms with Crippen molar-refractivity contribution in [3.05, 3.63) is 156 Å². The van der Waals surface area contributed by atoms with Gasteiger partial charge in [0.1, 0.15) is 23.0 Å². The first kappa shape index (κ1) is 25.5. The maximum absolute atomic E-state index is 12.1. The molecule has 8 aromatic carbocycles. The molecule has 0 aliphatic heterocycles. The molecule has 0 radical (unpaired) electrons. The molecular weight excluding hydrogens is 556 g/mol. The Hall–Kier alpha value is -6.00. The molecule has 0 saturated heterocycles. The van der Waals surface area contributed by atoms with Gasteiger partial charge in [0, 0.05) is 11.1 Å². The second-order valence-electron chi connectivity index (χ2n) is 12.0. The van der Waals surface area contributed by atoms with Gasteiger partial charge in [-0.15, -0.1) is 0 Å². The summed E-state index contributed by atoms with van der Waals surface area (Å²) in [5.74, 6) is 0.397. The highest BCUT2D eigenvalue weighted by atomic mass is 16.3. The smallest absolute Gasteiger partial charge is 0.121 e. The third kappa shape index (κ3) is 3.42. The lowest BCUT2D eigenvalue weighted by molar-refractivity contribution is 0.450. The lowest BCUT2D eigenvalue weighted by Gasteiger charge is -2.36. The molecule has 0 bridgehead atoms. The van der Waals surface area contributed by atoms with Crippen molar-refractivity contribution in [2.24, 2.45) is 0 Å². The highest BCUT2D eigenvalue weighted by molar-refractivity contribution is 6.05. The molecule has 4 N–H and O–H groups in total. The van der Waals surface area contributed by atoms with Crippen molar-refractivity contribution < 1.29 is 20.4 Å². The van der Waals surface area contributed by atoms with Crippen LogP contribution in [0.2, 0.25) is 0 Å². The van der Waals surface area contributed by atoms with Crippen molar-refractivity contribution in [3.8, 4) is 34.1 Å². The zero-order valence-corrected chi connectivity index (χ0v) is 24.0. The van der Waals surface area contributed by atoms with Crippen LogP contribution in [0, 0.1) is 0 Å². The lowest BCUT2D eigenvalue weighted by Crippen LogP contribution is -2.29. The van der Waals surface area contributed by atoms with Crippen LogP contribution in [0.4, 0.5) is 0 Å². The molecule has 4 nitrogen and oxygen atoms in total. The van der Waals surface area contributed by atoms with Crippen LogP contribution in [0.3, 0.4) is 0 Å². The van der Waals surface area contributed by atoms with Crippen LogP contribution in [0.15, 0.2) is 133 Å². The zero-order valence-electron chi connectivity index (χ0n) is 24.0. The molecule has 0 spiro atoms. The van der Waals surface area contributed by atoms with Crippen LogP contribution in [0.25, 0.3) is 54.2 Å². The van der Waals surface area contributed by atoms with Gasteiger partial charge in [-0.2, -0.15) is 0 Å². The number of hydrogen-bond donors (Lipinski definition) is 4. The molecule has 0 heterocycles. The minimum atomic E-state index is -1.19. The van der Waals surface area contributed by atoms with Gasteiger partial charge in [-0.25, -0.2) is 0 Å². The summed E-state index contributed by atoms with van der Waals surface area (Å²) in [6, 6.07) is 42.6. The fourth-order valence-electron chi connectivity index (χ4n) is 7.76. The number of phenols is 4. The molecule has 1 aliphatic rings. The predicted octanol–water partition coefficient (Wildman–Crippen LogP) is 9.48. The van der Waals surface area contributed by atoms with E-state index in [0.29, 0.717) is 11.1 Å². The topological polar surface area (TPSA) is 80.9 Å². The van der Waals surface area contributed by atoms with Gasteiger partial charge in [-0.3, -0.25) is 0 Å². The quantitative estimate of drug-likeness (QED) is 0.164. The molecule has 214 valence electrons. The van der Waals surface area contributed by atoms with Gasteiger partial charge < -0.3 is 20.4 Å². The van der Waals surface area contributed by atoms with E-state index in [9.17, 15) is 20.4 Å². The van der Waals surface area contributed by atoms with Crippen LogP contribution in [0.1, 0.15) is 22.3 Å².